The van der Waals surface area contributed by atoms with Crippen molar-refractivity contribution in [1.82, 2.24) is 14.7 Å². The zero-order chi connectivity index (χ0) is 15.2. The summed E-state index contributed by atoms with van der Waals surface area (Å²) in [7, 11) is 3.56. The molecule has 1 amide bonds. The summed E-state index contributed by atoms with van der Waals surface area (Å²) < 4.78 is 13.7. The van der Waals surface area contributed by atoms with E-state index in [4.69, 9.17) is 0 Å². The average molecular weight is 293 g/mol. The topological polar surface area (TPSA) is 26.8 Å². The van der Waals surface area contributed by atoms with E-state index in [2.05, 4.69) is 9.80 Å². The molecule has 1 aromatic carbocycles. The Morgan fingerprint density at radius 1 is 1.14 bits per heavy atom. The third kappa shape index (κ3) is 4.79. The molecule has 4 nitrogen and oxygen atoms in total. The van der Waals surface area contributed by atoms with Crippen molar-refractivity contribution >= 4 is 5.91 Å². The molecular weight excluding hydrogens is 269 g/mol. The Labute approximate surface area is 126 Å². The molecule has 0 atom stereocenters. The van der Waals surface area contributed by atoms with Gasteiger partial charge >= 0.3 is 0 Å². The Bertz CT molecular complexity index is 478. The summed E-state index contributed by atoms with van der Waals surface area (Å²) in [6.07, 6.45) is 1.01. The lowest BCUT2D eigenvalue weighted by molar-refractivity contribution is -0.129. The molecule has 1 aliphatic heterocycles. The van der Waals surface area contributed by atoms with Crippen LogP contribution in [0.5, 0.6) is 0 Å². The maximum atomic E-state index is 13.7. The molecule has 1 heterocycles. The van der Waals surface area contributed by atoms with E-state index in [-0.39, 0.29) is 11.7 Å². The summed E-state index contributed by atoms with van der Waals surface area (Å²) in [6, 6.07) is 6.94. The third-order valence-corrected chi connectivity index (χ3v) is 3.89. The highest BCUT2D eigenvalue weighted by molar-refractivity contribution is 5.77. The number of likely N-dealkylation sites (N-methyl/N-ethyl adjacent to an activating group) is 1. The first-order chi connectivity index (χ1) is 10.1. The first-order valence-electron chi connectivity index (χ1n) is 7.44. The highest BCUT2D eigenvalue weighted by Crippen LogP contribution is 2.12. The van der Waals surface area contributed by atoms with Crippen molar-refractivity contribution in [1.29, 1.82) is 0 Å². The Kier molecular flexibility index (Phi) is 5.70. The second-order valence-electron chi connectivity index (χ2n) is 5.79. The van der Waals surface area contributed by atoms with Crippen LogP contribution in [-0.2, 0) is 11.3 Å². The monoisotopic (exact) mass is 293 g/mol. The number of amides is 1. The average Bonchev–Trinajstić information content (AvgIpc) is 2.67. The molecule has 0 saturated carbocycles. The first kappa shape index (κ1) is 15.9. The van der Waals surface area contributed by atoms with Crippen molar-refractivity contribution in [2.24, 2.45) is 0 Å². The molecule has 0 aliphatic carbocycles. The Morgan fingerprint density at radius 3 is 2.52 bits per heavy atom. The molecule has 0 radical (unpaired) electrons. The predicted molar refractivity (Wildman–Crippen MR) is 81.4 cm³/mol. The Morgan fingerprint density at radius 2 is 1.81 bits per heavy atom. The lowest BCUT2D eigenvalue weighted by atomic mass is 10.2. The van der Waals surface area contributed by atoms with Gasteiger partial charge in [-0.1, -0.05) is 18.2 Å². The lowest BCUT2D eigenvalue weighted by Gasteiger charge is -2.22. The van der Waals surface area contributed by atoms with Crippen LogP contribution in [0.3, 0.4) is 0 Å². The van der Waals surface area contributed by atoms with Gasteiger partial charge in [0, 0.05) is 39.3 Å². The van der Waals surface area contributed by atoms with E-state index in [0.29, 0.717) is 13.1 Å². The van der Waals surface area contributed by atoms with Crippen molar-refractivity contribution in [3.63, 3.8) is 0 Å². The molecule has 1 saturated heterocycles. The molecule has 0 spiro atoms. The zero-order valence-electron chi connectivity index (χ0n) is 12.9. The van der Waals surface area contributed by atoms with Crippen molar-refractivity contribution in [2.45, 2.75) is 13.0 Å². The van der Waals surface area contributed by atoms with Crippen LogP contribution in [0, 0.1) is 5.82 Å². The summed E-state index contributed by atoms with van der Waals surface area (Å²) in [5, 5.41) is 0. The number of carbonyl (C=O) groups excluding carboxylic acids is 1. The second kappa shape index (κ2) is 7.52. The van der Waals surface area contributed by atoms with Crippen LogP contribution in [0.4, 0.5) is 4.39 Å². The van der Waals surface area contributed by atoms with Gasteiger partial charge in [0.05, 0.1) is 6.54 Å². The van der Waals surface area contributed by atoms with Gasteiger partial charge in [-0.15, -0.1) is 0 Å². The molecule has 1 aromatic rings. The van der Waals surface area contributed by atoms with Gasteiger partial charge in [0.1, 0.15) is 5.82 Å². The molecule has 0 N–H and O–H groups in total. The molecular formula is C16H24FN3O. The summed E-state index contributed by atoms with van der Waals surface area (Å²) in [4.78, 5) is 17.8. The molecule has 116 valence electrons. The molecule has 2 rings (SSSR count). The van der Waals surface area contributed by atoms with Crippen LogP contribution in [-0.4, -0.2) is 67.4 Å². The van der Waals surface area contributed by atoms with Crippen molar-refractivity contribution in [3.8, 4) is 0 Å². The Balaban J connectivity index is 1.86. The van der Waals surface area contributed by atoms with Crippen LogP contribution >= 0.6 is 0 Å². The number of hydrogen-bond acceptors (Lipinski definition) is 3. The first-order valence-corrected chi connectivity index (χ1v) is 7.44. The zero-order valence-corrected chi connectivity index (χ0v) is 12.9. The molecule has 21 heavy (non-hydrogen) atoms. The molecule has 0 unspecified atom stereocenters. The van der Waals surface area contributed by atoms with Crippen molar-refractivity contribution in [2.75, 3.05) is 46.8 Å². The Hall–Kier alpha value is -1.46. The molecule has 1 aliphatic rings. The number of benzene rings is 1. The summed E-state index contributed by atoms with van der Waals surface area (Å²) in [6.45, 7) is 4.71. The normalized spacial score (nSPS) is 17.5. The quantitative estimate of drug-likeness (QED) is 0.840. The minimum absolute atomic E-state index is 0.137. The van der Waals surface area contributed by atoms with E-state index in [1.807, 2.05) is 12.1 Å². The minimum atomic E-state index is -0.138. The van der Waals surface area contributed by atoms with Gasteiger partial charge in [0.15, 0.2) is 0 Å². The van der Waals surface area contributed by atoms with Crippen LogP contribution < -0.4 is 0 Å². The van der Waals surface area contributed by atoms with E-state index in [0.717, 1.165) is 38.2 Å². The van der Waals surface area contributed by atoms with Gasteiger partial charge in [-0.05, 0) is 25.6 Å². The van der Waals surface area contributed by atoms with E-state index in [9.17, 15) is 9.18 Å². The number of carbonyl (C=O) groups is 1. The number of nitrogens with zero attached hydrogens (tertiary/aromatic N) is 3. The van der Waals surface area contributed by atoms with Crippen LogP contribution in [0.25, 0.3) is 0 Å². The smallest absolute Gasteiger partial charge is 0.236 e. The van der Waals surface area contributed by atoms with Gasteiger partial charge < -0.3 is 4.90 Å². The fourth-order valence-electron chi connectivity index (χ4n) is 2.54. The summed E-state index contributed by atoms with van der Waals surface area (Å²) in [5.74, 6) is -0.000979. The maximum absolute atomic E-state index is 13.7. The fraction of sp³-hybridized carbons (Fsp3) is 0.562. The van der Waals surface area contributed by atoms with Gasteiger partial charge in [-0.25, -0.2) is 4.39 Å². The van der Waals surface area contributed by atoms with E-state index in [1.54, 1.807) is 25.1 Å². The standard InChI is InChI=1S/C16H24FN3O/c1-18(2)16(21)13-20-9-5-8-19(10-11-20)12-14-6-3-4-7-15(14)17/h3-4,6-7H,5,8-13H2,1-2H3. The molecule has 0 bridgehead atoms. The SMILES string of the molecule is CN(C)C(=O)CN1CCCN(Cc2ccccc2F)CC1. The highest BCUT2D eigenvalue weighted by atomic mass is 19.1. The van der Waals surface area contributed by atoms with E-state index >= 15 is 0 Å². The van der Waals surface area contributed by atoms with Gasteiger partial charge in [-0.3, -0.25) is 14.6 Å². The number of rotatable bonds is 4. The predicted octanol–water partition coefficient (Wildman–Crippen LogP) is 1.42. The summed E-state index contributed by atoms with van der Waals surface area (Å²) in [5.41, 5.74) is 0.746. The van der Waals surface area contributed by atoms with Gasteiger partial charge in [-0.2, -0.15) is 0 Å². The highest BCUT2D eigenvalue weighted by Gasteiger charge is 2.18. The van der Waals surface area contributed by atoms with Crippen LogP contribution in [0.1, 0.15) is 12.0 Å². The fourth-order valence-corrected chi connectivity index (χ4v) is 2.54. The number of halogens is 1. The van der Waals surface area contributed by atoms with Crippen molar-refractivity contribution in [3.05, 3.63) is 35.6 Å². The van der Waals surface area contributed by atoms with Gasteiger partial charge in [0.25, 0.3) is 0 Å². The summed E-state index contributed by atoms with van der Waals surface area (Å²) >= 11 is 0. The largest absolute Gasteiger partial charge is 0.348 e. The maximum Gasteiger partial charge on any atom is 0.236 e. The van der Waals surface area contributed by atoms with Gasteiger partial charge in [0.2, 0.25) is 5.91 Å². The lowest BCUT2D eigenvalue weighted by Crippen LogP contribution is -2.38. The molecule has 5 heteroatoms. The van der Waals surface area contributed by atoms with Crippen LogP contribution in [0.2, 0.25) is 0 Å². The number of hydrogen-bond donors (Lipinski definition) is 0. The molecule has 1 fully saturated rings. The minimum Gasteiger partial charge on any atom is -0.348 e. The third-order valence-electron chi connectivity index (χ3n) is 3.89. The van der Waals surface area contributed by atoms with Crippen molar-refractivity contribution < 1.29 is 9.18 Å². The second-order valence-corrected chi connectivity index (χ2v) is 5.79. The van der Waals surface area contributed by atoms with E-state index in [1.165, 1.54) is 6.07 Å². The molecule has 0 aromatic heterocycles. The van der Waals surface area contributed by atoms with E-state index < -0.39 is 0 Å². The van der Waals surface area contributed by atoms with Crippen LogP contribution in [0.15, 0.2) is 24.3 Å².